The number of fused-ring (bicyclic) bond motifs is 3. The van der Waals surface area contributed by atoms with Crippen molar-refractivity contribution in [3.8, 4) is 11.3 Å². The molecule has 3 aromatic carbocycles. The van der Waals surface area contributed by atoms with Crippen LogP contribution in [0.25, 0.3) is 31.4 Å². The zero-order valence-electron chi connectivity index (χ0n) is 16.0. The zero-order valence-corrected chi connectivity index (χ0v) is 17.8. The zero-order chi connectivity index (χ0) is 19.1. The fraction of sp³-hybridized carbons (Fsp3) is 0.0800. The van der Waals surface area contributed by atoms with E-state index in [4.69, 9.17) is 4.98 Å². The van der Waals surface area contributed by atoms with E-state index in [1.807, 2.05) is 11.3 Å². The molecule has 5 aromatic rings. The summed E-state index contributed by atoms with van der Waals surface area (Å²) in [7, 11) is -1.72. The maximum Gasteiger partial charge on any atom is 0.114 e. The first kappa shape index (κ1) is 17.4. The van der Waals surface area contributed by atoms with Gasteiger partial charge in [0.15, 0.2) is 0 Å². The average molecular weight is 396 g/mol. The first-order chi connectivity index (χ1) is 13.6. The number of aromatic nitrogens is 1. The van der Waals surface area contributed by atoms with Gasteiger partial charge >= 0.3 is 0 Å². The van der Waals surface area contributed by atoms with Gasteiger partial charge in [0, 0.05) is 31.9 Å². The van der Waals surface area contributed by atoms with Crippen LogP contribution in [0.1, 0.15) is 0 Å². The number of hydrogen-bond donors (Lipinski definition) is 0. The Bertz CT molecular complexity index is 1270. The molecule has 2 heterocycles. The van der Waals surface area contributed by atoms with Crippen molar-refractivity contribution in [1.82, 2.24) is 4.98 Å². The maximum atomic E-state index is 4.90. The van der Waals surface area contributed by atoms with Gasteiger partial charge in [0.05, 0.1) is 5.69 Å². The van der Waals surface area contributed by atoms with Crippen LogP contribution in [0.5, 0.6) is 0 Å². The summed E-state index contributed by atoms with van der Waals surface area (Å²) in [5, 5.41) is 5.46. The Balaban J connectivity index is 1.60. The second kappa shape index (κ2) is 6.69. The molecular weight excluding hydrogens is 374 g/mol. The Morgan fingerprint density at radius 2 is 1.43 bits per heavy atom. The minimum absolute atomic E-state index is 1.05. The average Bonchev–Trinajstić information content (AvgIpc) is 3.13. The molecule has 0 unspecified atom stereocenters. The first-order valence-corrected chi connectivity index (χ1v) is 13.4. The molecule has 0 amide bonds. The van der Waals surface area contributed by atoms with Crippen molar-refractivity contribution in [3.05, 3.63) is 91.1 Å². The summed E-state index contributed by atoms with van der Waals surface area (Å²) in [6.45, 7) is 4.79. The Morgan fingerprint density at radius 3 is 2.21 bits per heavy atom. The number of benzene rings is 3. The van der Waals surface area contributed by atoms with Gasteiger partial charge in [0.25, 0.3) is 0 Å². The Morgan fingerprint density at radius 1 is 0.679 bits per heavy atom. The van der Waals surface area contributed by atoms with Gasteiger partial charge in [-0.15, -0.1) is 11.3 Å². The van der Waals surface area contributed by atoms with Crippen molar-refractivity contribution in [2.45, 2.75) is 13.1 Å². The molecule has 1 nitrogen and oxygen atoms in total. The predicted molar refractivity (Wildman–Crippen MR) is 126 cm³/mol. The highest BCUT2D eigenvalue weighted by atomic mass is 32.1. The second-order valence-corrected chi connectivity index (χ2v) is 13.2. The standard InChI is InChI=1S/C25H21NSSi/c1-28(2,18-9-4-3-5-10-18)19-15-16-23(26-17-19)22-13-8-12-21-20-11-6-7-14-24(20)27-25(21)22/h3-17H,1-2H3. The Kier molecular flexibility index (Phi) is 4.15. The van der Waals surface area contributed by atoms with E-state index >= 15 is 0 Å². The topological polar surface area (TPSA) is 12.9 Å². The monoisotopic (exact) mass is 395 g/mol. The first-order valence-electron chi connectivity index (χ1n) is 9.57. The van der Waals surface area contributed by atoms with Gasteiger partial charge in [-0.25, -0.2) is 0 Å². The molecule has 0 N–H and O–H groups in total. The molecule has 0 aliphatic rings. The highest BCUT2D eigenvalue weighted by molar-refractivity contribution is 7.26. The van der Waals surface area contributed by atoms with Gasteiger partial charge in [-0.1, -0.05) is 91.1 Å². The summed E-state index contributed by atoms with van der Waals surface area (Å²) in [6, 6.07) is 30.5. The van der Waals surface area contributed by atoms with Gasteiger partial charge in [-0.05, 0) is 17.3 Å². The fourth-order valence-electron chi connectivity index (χ4n) is 3.89. The molecule has 28 heavy (non-hydrogen) atoms. The van der Waals surface area contributed by atoms with Crippen LogP contribution in [0.4, 0.5) is 0 Å². The molecule has 0 bridgehead atoms. The van der Waals surface area contributed by atoms with Crippen molar-refractivity contribution < 1.29 is 0 Å². The molecule has 0 radical (unpaired) electrons. The number of thiophene rings is 1. The van der Waals surface area contributed by atoms with Gasteiger partial charge in [-0.3, -0.25) is 4.98 Å². The van der Waals surface area contributed by atoms with Crippen LogP contribution >= 0.6 is 11.3 Å². The van der Waals surface area contributed by atoms with Crippen LogP contribution < -0.4 is 10.4 Å². The fourth-order valence-corrected chi connectivity index (χ4v) is 7.36. The lowest BCUT2D eigenvalue weighted by Gasteiger charge is -2.23. The van der Waals surface area contributed by atoms with Gasteiger partial charge in [0.2, 0.25) is 0 Å². The van der Waals surface area contributed by atoms with Gasteiger partial charge in [-0.2, -0.15) is 0 Å². The van der Waals surface area contributed by atoms with Crippen LogP contribution in [0, 0.1) is 0 Å². The Labute approximate surface area is 170 Å². The smallest absolute Gasteiger partial charge is 0.114 e. The normalized spacial score (nSPS) is 11.9. The summed E-state index contributed by atoms with van der Waals surface area (Å²) >= 11 is 1.86. The van der Waals surface area contributed by atoms with Crippen LogP contribution in [-0.4, -0.2) is 13.1 Å². The molecule has 3 heteroatoms. The molecule has 0 fully saturated rings. The third-order valence-electron chi connectivity index (χ3n) is 5.66. The van der Waals surface area contributed by atoms with Crippen molar-refractivity contribution >= 4 is 50.0 Å². The van der Waals surface area contributed by atoms with Gasteiger partial charge < -0.3 is 0 Å². The van der Waals surface area contributed by atoms with E-state index in [2.05, 4.69) is 104 Å². The number of pyridine rings is 1. The highest BCUT2D eigenvalue weighted by Crippen LogP contribution is 2.38. The molecule has 0 saturated carbocycles. The number of hydrogen-bond acceptors (Lipinski definition) is 2. The van der Waals surface area contributed by atoms with Crippen molar-refractivity contribution in [2.24, 2.45) is 0 Å². The molecular formula is C25H21NSSi. The summed E-state index contributed by atoms with van der Waals surface area (Å²) in [6.07, 6.45) is 2.10. The highest BCUT2D eigenvalue weighted by Gasteiger charge is 2.26. The number of nitrogens with zero attached hydrogens (tertiary/aromatic N) is 1. The third-order valence-corrected chi connectivity index (χ3v) is 10.4. The Hall–Kier alpha value is -2.75. The van der Waals surface area contributed by atoms with E-state index in [9.17, 15) is 0 Å². The van der Waals surface area contributed by atoms with Crippen LogP contribution in [0.15, 0.2) is 91.1 Å². The van der Waals surface area contributed by atoms with E-state index < -0.39 is 8.07 Å². The quantitative estimate of drug-likeness (QED) is 0.345. The lowest BCUT2D eigenvalue weighted by Crippen LogP contribution is -2.52. The molecule has 0 aliphatic heterocycles. The minimum Gasteiger partial charge on any atom is -0.256 e. The van der Waals surface area contributed by atoms with Gasteiger partial charge in [0.1, 0.15) is 8.07 Å². The summed E-state index contributed by atoms with van der Waals surface area (Å²) in [5.41, 5.74) is 2.28. The lowest BCUT2D eigenvalue weighted by molar-refractivity contribution is 1.35. The molecule has 0 saturated heterocycles. The van der Waals surface area contributed by atoms with Crippen LogP contribution in [-0.2, 0) is 0 Å². The van der Waals surface area contributed by atoms with E-state index in [-0.39, 0.29) is 0 Å². The molecule has 2 aromatic heterocycles. The summed E-state index contributed by atoms with van der Waals surface area (Å²) in [4.78, 5) is 4.90. The molecule has 136 valence electrons. The summed E-state index contributed by atoms with van der Waals surface area (Å²) < 4.78 is 2.66. The number of rotatable bonds is 3. The van der Waals surface area contributed by atoms with Crippen molar-refractivity contribution in [2.75, 3.05) is 0 Å². The molecule has 0 atom stereocenters. The summed E-state index contributed by atoms with van der Waals surface area (Å²) in [5.74, 6) is 0. The van der Waals surface area contributed by atoms with E-state index in [1.165, 1.54) is 36.1 Å². The molecule has 0 spiro atoms. The van der Waals surface area contributed by atoms with E-state index in [0.717, 1.165) is 5.69 Å². The van der Waals surface area contributed by atoms with Crippen molar-refractivity contribution in [3.63, 3.8) is 0 Å². The van der Waals surface area contributed by atoms with Crippen molar-refractivity contribution in [1.29, 1.82) is 0 Å². The van der Waals surface area contributed by atoms with E-state index in [0.29, 0.717) is 0 Å². The lowest BCUT2D eigenvalue weighted by atomic mass is 10.1. The van der Waals surface area contributed by atoms with E-state index in [1.54, 1.807) is 0 Å². The largest absolute Gasteiger partial charge is 0.256 e. The SMILES string of the molecule is C[Si](C)(c1ccccc1)c1ccc(-c2cccc3c2sc2ccccc23)nc1. The molecule has 0 aliphatic carbocycles. The second-order valence-electron chi connectivity index (χ2n) is 7.70. The predicted octanol–water partition coefficient (Wildman–Crippen LogP) is 5.94. The molecule has 5 rings (SSSR count). The van der Waals surface area contributed by atoms with Crippen LogP contribution in [0.3, 0.4) is 0 Å². The third kappa shape index (κ3) is 2.79. The maximum absolute atomic E-state index is 4.90. The minimum atomic E-state index is -1.72. The van der Waals surface area contributed by atoms with Crippen LogP contribution in [0.2, 0.25) is 13.1 Å².